The maximum Gasteiger partial charge on any atom is 0.407 e. The second-order valence-electron chi connectivity index (χ2n) is 11.1. The van der Waals surface area contributed by atoms with Crippen LogP contribution >= 0.6 is 11.8 Å². The number of Topliss-reactive ketones (excluding diaryl/α,β-unsaturated/α-hetero) is 1. The SMILES string of the molecule is O=C(NCCSC(C1=C(O)CC(c2ccccc2)CC1=O)c1ccccc1[N+](=O)[O-])OCC1c2ccccc2-c2ccccc21. The summed E-state index contributed by atoms with van der Waals surface area (Å²) in [5.41, 5.74) is 5.87. The van der Waals surface area contributed by atoms with E-state index in [9.17, 15) is 24.8 Å². The van der Waals surface area contributed by atoms with Gasteiger partial charge in [0.05, 0.1) is 15.7 Å². The molecule has 4 aromatic carbocycles. The largest absolute Gasteiger partial charge is 0.512 e. The number of alkyl carbamates (subject to hydrolysis) is 1. The number of fused-ring (bicyclic) bond motifs is 3. The summed E-state index contributed by atoms with van der Waals surface area (Å²) >= 11 is 1.27. The third-order valence-electron chi connectivity index (χ3n) is 8.43. The number of nitrogens with zero attached hydrogens (tertiary/aromatic N) is 1. The molecule has 0 heterocycles. The van der Waals surface area contributed by atoms with Crippen molar-refractivity contribution >= 4 is 29.3 Å². The molecule has 228 valence electrons. The third-order valence-corrected chi connectivity index (χ3v) is 9.69. The van der Waals surface area contributed by atoms with Crippen LogP contribution in [-0.2, 0) is 9.53 Å². The summed E-state index contributed by atoms with van der Waals surface area (Å²) in [6, 6.07) is 32.0. The molecule has 0 saturated heterocycles. The Balaban J connectivity index is 1.13. The summed E-state index contributed by atoms with van der Waals surface area (Å²) in [5.74, 6) is -0.206. The fraction of sp³-hybridized carbons (Fsp3) is 0.222. The molecule has 2 aliphatic carbocycles. The first-order chi connectivity index (χ1) is 21.9. The number of hydrogen-bond acceptors (Lipinski definition) is 7. The molecule has 0 bridgehead atoms. The van der Waals surface area contributed by atoms with E-state index in [2.05, 4.69) is 29.6 Å². The number of allylic oxidation sites excluding steroid dienone is 1. The van der Waals surface area contributed by atoms with E-state index in [1.165, 1.54) is 17.8 Å². The number of benzene rings is 4. The molecule has 2 N–H and O–H groups in total. The Morgan fingerprint density at radius 3 is 2.20 bits per heavy atom. The van der Waals surface area contributed by atoms with Crippen LogP contribution < -0.4 is 5.32 Å². The molecule has 1 amide bonds. The van der Waals surface area contributed by atoms with Gasteiger partial charge in [-0.25, -0.2) is 4.79 Å². The normalized spacial score (nSPS) is 16.5. The molecule has 0 fully saturated rings. The summed E-state index contributed by atoms with van der Waals surface area (Å²) in [4.78, 5) is 37.7. The second-order valence-corrected chi connectivity index (χ2v) is 12.3. The average molecular weight is 621 g/mol. The van der Waals surface area contributed by atoms with Crippen molar-refractivity contribution in [3.05, 3.63) is 147 Å². The van der Waals surface area contributed by atoms with Gasteiger partial charge in [-0.15, -0.1) is 11.8 Å². The lowest BCUT2D eigenvalue weighted by Gasteiger charge is -2.28. The monoisotopic (exact) mass is 620 g/mol. The number of amides is 1. The molecule has 45 heavy (non-hydrogen) atoms. The predicted molar refractivity (Wildman–Crippen MR) is 174 cm³/mol. The average Bonchev–Trinajstić information content (AvgIpc) is 3.38. The number of nitro benzene ring substituents is 1. The zero-order valence-electron chi connectivity index (χ0n) is 24.4. The lowest BCUT2D eigenvalue weighted by Crippen LogP contribution is -2.28. The Kier molecular flexibility index (Phi) is 8.98. The minimum Gasteiger partial charge on any atom is -0.512 e. The summed E-state index contributed by atoms with van der Waals surface area (Å²) in [7, 11) is 0. The molecule has 0 saturated carbocycles. The number of aliphatic hydroxyl groups excluding tert-OH is 1. The molecule has 2 aliphatic rings. The molecule has 2 atom stereocenters. The number of aliphatic hydroxyl groups is 1. The van der Waals surface area contributed by atoms with Gasteiger partial charge >= 0.3 is 6.09 Å². The number of rotatable bonds is 10. The standard InChI is InChI=1S/C36H32N2O6S/c39-32-20-24(23-10-2-1-3-11-23)21-33(40)34(32)35(29-16-8-9-17-31(29)38(42)43)45-19-18-37-36(41)44-22-30-27-14-6-4-12-25(27)26-13-5-7-15-28(26)30/h1-17,24,30,35,39H,18-22H2,(H,37,41). The molecule has 0 aromatic heterocycles. The second kappa shape index (κ2) is 13.4. The fourth-order valence-corrected chi connectivity index (χ4v) is 7.62. The highest BCUT2D eigenvalue weighted by atomic mass is 32.2. The maximum absolute atomic E-state index is 13.5. The van der Waals surface area contributed by atoms with E-state index in [0.717, 1.165) is 27.8 Å². The number of hydrogen-bond donors (Lipinski definition) is 2. The zero-order chi connectivity index (χ0) is 31.3. The molecule has 0 spiro atoms. The van der Waals surface area contributed by atoms with Crippen molar-refractivity contribution in [3.8, 4) is 11.1 Å². The Morgan fingerprint density at radius 2 is 1.53 bits per heavy atom. The molecule has 4 aromatic rings. The molecule has 0 radical (unpaired) electrons. The van der Waals surface area contributed by atoms with E-state index in [1.54, 1.807) is 18.2 Å². The Morgan fingerprint density at radius 1 is 0.911 bits per heavy atom. The molecule has 9 heteroatoms. The smallest absolute Gasteiger partial charge is 0.407 e. The molecular weight excluding hydrogens is 588 g/mol. The minimum absolute atomic E-state index is 0.0553. The van der Waals surface area contributed by atoms with Gasteiger partial charge in [0, 0.05) is 42.7 Å². The Bertz CT molecular complexity index is 1730. The van der Waals surface area contributed by atoms with Crippen molar-refractivity contribution in [3.63, 3.8) is 0 Å². The van der Waals surface area contributed by atoms with Gasteiger partial charge < -0.3 is 15.2 Å². The van der Waals surface area contributed by atoms with E-state index >= 15 is 0 Å². The van der Waals surface area contributed by atoms with Crippen molar-refractivity contribution in [1.29, 1.82) is 0 Å². The fourth-order valence-electron chi connectivity index (χ4n) is 6.35. The van der Waals surface area contributed by atoms with E-state index in [1.807, 2.05) is 54.6 Å². The lowest BCUT2D eigenvalue weighted by atomic mass is 9.80. The number of ketones is 1. The number of thioether (sulfide) groups is 1. The lowest BCUT2D eigenvalue weighted by molar-refractivity contribution is -0.385. The van der Waals surface area contributed by atoms with Gasteiger partial charge in [0.2, 0.25) is 0 Å². The van der Waals surface area contributed by atoms with Crippen molar-refractivity contribution in [2.45, 2.75) is 29.9 Å². The zero-order valence-corrected chi connectivity index (χ0v) is 25.2. The first kappa shape index (κ1) is 30.1. The van der Waals surface area contributed by atoms with Gasteiger partial charge in [-0.2, -0.15) is 0 Å². The van der Waals surface area contributed by atoms with Gasteiger partial charge in [0.1, 0.15) is 12.4 Å². The van der Waals surface area contributed by atoms with Crippen LogP contribution in [0.25, 0.3) is 11.1 Å². The van der Waals surface area contributed by atoms with Crippen molar-refractivity contribution in [2.24, 2.45) is 0 Å². The van der Waals surface area contributed by atoms with Crippen LogP contribution in [0.5, 0.6) is 0 Å². The number of carbonyl (C=O) groups excluding carboxylic acids is 2. The molecule has 6 rings (SSSR count). The van der Waals surface area contributed by atoms with E-state index < -0.39 is 16.3 Å². The maximum atomic E-state index is 13.5. The molecule has 2 unspecified atom stereocenters. The highest BCUT2D eigenvalue weighted by molar-refractivity contribution is 7.99. The van der Waals surface area contributed by atoms with Crippen LogP contribution in [0, 0.1) is 10.1 Å². The Labute approximate surface area is 265 Å². The van der Waals surface area contributed by atoms with Crippen molar-refractivity contribution < 1.29 is 24.4 Å². The van der Waals surface area contributed by atoms with E-state index in [4.69, 9.17) is 4.74 Å². The highest BCUT2D eigenvalue weighted by Crippen LogP contribution is 2.47. The molecule has 8 nitrogen and oxygen atoms in total. The van der Waals surface area contributed by atoms with Crippen LogP contribution in [0.3, 0.4) is 0 Å². The quantitative estimate of drug-likeness (QED) is 0.105. The Hall–Kier alpha value is -4.89. The first-order valence-corrected chi connectivity index (χ1v) is 15.9. The summed E-state index contributed by atoms with van der Waals surface area (Å²) in [6.07, 6.45) is -0.110. The van der Waals surface area contributed by atoms with E-state index in [0.29, 0.717) is 11.3 Å². The number of nitro groups is 1. The van der Waals surface area contributed by atoms with E-state index in [-0.39, 0.29) is 60.6 Å². The number of nitrogens with one attached hydrogen (secondary N) is 1. The molecule has 0 aliphatic heterocycles. The first-order valence-electron chi connectivity index (χ1n) is 14.9. The van der Waals surface area contributed by atoms with Crippen molar-refractivity contribution in [2.75, 3.05) is 18.9 Å². The number of ether oxygens (including phenoxy) is 1. The van der Waals surface area contributed by atoms with Gasteiger partial charge in [-0.05, 0) is 33.7 Å². The van der Waals surface area contributed by atoms with Crippen LogP contribution in [0.4, 0.5) is 10.5 Å². The van der Waals surface area contributed by atoms with Crippen LogP contribution in [0.15, 0.2) is 114 Å². The van der Waals surface area contributed by atoms with Gasteiger partial charge in [0.15, 0.2) is 5.78 Å². The van der Waals surface area contributed by atoms with Crippen LogP contribution in [-0.4, -0.2) is 40.8 Å². The summed E-state index contributed by atoms with van der Waals surface area (Å²) < 4.78 is 5.63. The predicted octanol–water partition coefficient (Wildman–Crippen LogP) is 7.87. The van der Waals surface area contributed by atoms with Crippen LogP contribution in [0.2, 0.25) is 0 Å². The van der Waals surface area contributed by atoms with Crippen molar-refractivity contribution in [1.82, 2.24) is 5.32 Å². The number of carbonyl (C=O) groups is 2. The molecular formula is C36H32N2O6S. The van der Waals surface area contributed by atoms with Gasteiger partial charge in [0.25, 0.3) is 5.69 Å². The summed E-state index contributed by atoms with van der Waals surface area (Å²) in [6.45, 7) is 0.386. The summed E-state index contributed by atoms with van der Waals surface area (Å²) in [5, 5.41) is 25.1. The van der Waals surface area contributed by atoms with Gasteiger partial charge in [-0.1, -0.05) is 97.1 Å². The highest BCUT2D eigenvalue weighted by Gasteiger charge is 2.36. The number of para-hydroxylation sites is 1. The van der Waals surface area contributed by atoms with Crippen LogP contribution in [0.1, 0.15) is 52.2 Å². The third kappa shape index (κ3) is 6.35. The topological polar surface area (TPSA) is 119 Å². The minimum atomic E-state index is -0.778. The van der Waals surface area contributed by atoms with Gasteiger partial charge in [-0.3, -0.25) is 14.9 Å².